The molecule has 0 saturated heterocycles. The van der Waals surface area contributed by atoms with Gasteiger partial charge in [0.2, 0.25) is 0 Å². The van der Waals surface area contributed by atoms with Crippen LogP contribution in [0.2, 0.25) is 0 Å². The Labute approximate surface area is 117 Å². The Morgan fingerprint density at radius 2 is 2.10 bits per heavy atom. The first-order chi connectivity index (χ1) is 9.63. The van der Waals surface area contributed by atoms with Gasteiger partial charge in [0.25, 0.3) is 0 Å². The maximum atomic E-state index is 5.85. The summed E-state index contributed by atoms with van der Waals surface area (Å²) >= 11 is 0. The van der Waals surface area contributed by atoms with Gasteiger partial charge < -0.3 is 9.30 Å². The minimum atomic E-state index is 0.170. The predicted octanol–water partition coefficient (Wildman–Crippen LogP) is 2.61. The van der Waals surface area contributed by atoms with Crippen molar-refractivity contribution in [3.05, 3.63) is 42.4 Å². The molecular weight excluding hydrogens is 252 g/mol. The van der Waals surface area contributed by atoms with Gasteiger partial charge in [-0.05, 0) is 32.0 Å². The third kappa shape index (κ3) is 2.39. The molecule has 0 aliphatic carbocycles. The van der Waals surface area contributed by atoms with E-state index in [1.165, 1.54) is 0 Å². The van der Waals surface area contributed by atoms with E-state index in [9.17, 15) is 0 Å². The minimum absolute atomic E-state index is 0.170. The van der Waals surface area contributed by atoms with Crippen LogP contribution in [0.15, 0.2) is 36.7 Å². The quantitative estimate of drug-likeness (QED) is 0.732. The van der Waals surface area contributed by atoms with Crippen LogP contribution in [0.25, 0.3) is 10.9 Å². The van der Waals surface area contributed by atoms with Crippen molar-refractivity contribution < 1.29 is 4.74 Å². The van der Waals surface area contributed by atoms with E-state index in [0.29, 0.717) is 6.54 Å². The molecule has 0 saturated carbocycles. The highest BCUT2D eigenvalue weighted by Gasteiger charge is 2.09. The number of fused-ring (bicyclic) bond motifs is 1. The molecule has 0 N–H and O–H groups in total. The average Bonchev–Trinajstić information content (AvgIpc) is 2.97. The maximum absolute atomic E-state index is 5.85. The van der Waals surface area contributed by atoms with E-state index in [0.717, 1.165) is 22.3 Å². The standard InChI is InChI=1S/C15H18N4O/c1-11(2)20-15-6-4-5-14-13(15)7-8-19(14)10-12-9-18(3)17-16-12/h4-9,11H,10H2,1-3H3. The Bertz CT molecular complexity index is 726. The van der Waals surface area contributed by atoms with E-state index in [1.54, 1.807) is 4.68 Å². The van der Waals surface area contributed by atoms with E-state index in [2.05, 4.69) is 33.2 Å². The summed E-state index contributed by atoms with van der Waals surface area (Å²) in [6, 6.07) is 8.21. The van der Waals surface area contributed by atoms with Crippen LogP contribution in [0, 0.1) is 0 Å². The monoisotopic (exact) mass is 270 g/mol. The Morgan fingerprint density at radius 1 is 1.25 bits per heavy atom. The molecule has 0 unspecified atom stereocenters. The first-order valence-electron chi connectivity index (χ1n) is 6.73. The van der Waals surface area contributed by atoms with Gasteiger partial charge in [0.05, 0.1) is 18.2 Å². The van der Waals surface area contributed by atoms with Crippen molar-refractivity contribution in [3.8, 4) is 5.75 Å². The fourth-order valence-corrected chi connectivity index (χ4v) is 2.33. The molecule has 5 nitrogen and oxygen atoms in total. The van der Waals surface area contributed by atoms with Crippen molar-refractivity contribution >= 4 is 10.9 Å². The summed E-state index contributed by atoms with van der Waals surface area (Å²) in [5.74, 6) is 0.926. The highest BCUT2D eigenvalue weighted by Crippen LogP contribution is 2.27. The summed E-state index contributed by atoms with van der Waals surface area (Å²) in [5, 5.41) is 9.22. The van der Waals surface area contributed by atoms with Crippen LogP contribution in [-0.2, 0) is 13.6 Å². The second-order valence-corrected chi connectivity index (χ2v) is 5.18. The first kappa shape index (κ1) is 12.7. The lowest BCUT2D eigenvalue weighted by molar-refractivity contribution is 0.245. The van der Waals surface area contributed by atoms with Crippen molar-refractivity contribution in [3.63, 3.8) is 0 Å². The lowest BCUT2D eigenvalue weighted by atomic mass is 10.2. The van der Waals surface area contributed by atoms with Crippen molar-refractivity contribution in [2.24, 2.45) is 7.05 Å². The van der Waals surface area contributed by atoms with Crippen molar-refractivity contribution in [2.45, 2.75) is 26.5 Å². The summed E-state index contributed by atoms with van der Waals surface area (Å²) in [4.78, 5) is 0. The van der Waals surface area contributed by atoms with Gasteiger partial charge in [-0.1, -0.05) is 11.3 Å². The molecule has 0 bridgehead atoms. The third-order valence-electron chi connectivity index (χ3n) is 3.12. The Balaban J connectivity index is 1.97. The van der Waals surface area contributed by atoms with Gasteiger partial charge in [-0.15, -0.1) is 5.10 Å². The molecular formula is C15H18N4O. The molecule has 1 aromatic carbocycles. The molecule has 0 atom stereocenters. The van der Waals surface area contributed by atoms with Gasteiger partial charge in [-0.2, -0.15) is 0 Å². The largest absolute Gasteiger partial charge is 0.490 e. The van der Waals surface area contributed by atoms with E-state index in [-0.39, 0.29) is 6.10 Å². The van der Waals surface area contributed by atoms with Crippen LogP contribution in [0.3, 0.4) is 0 Å². The van der Waals surface area contributed by atoms with E-state index in [4.69, 9.17) is 4.74 Å². The number of benzene rings is 1. The predicted molar refractivity (Wildman–Crippen MR) is 77.8 cm³/mol. The van der Waals surface area contributed by atoms with Crippen LogP contribution in [0.4, 0.5) is 0 Å². The van der Waals surface area contributed by atoms with Crippen LogP contribution in [-0.4, -0.2) is 25.7 Å². The summed E-state index contributed by atoms with van der Waals surface area (Å²) in [6.45, 7) is 4.78. The zero-order valence-electron chi connectivity index (χ0n) is 11.9. The lowest BCUT2D eigenvalue weighted by Gasteiger charge is -2.11. The second kappa shape index (κ2) is 5.00. The molecule has 104 valence electrons. The van der Waals surface area contributed by atoms with Crippen LogP contribution in [0.5, 0.6) is 5.75 Å². The number of rotatable bonds is 4. The molecule has 0 aliphatic heterocycles. The van der Waals surface area contributed by atoms with Crippen LogP contribution >= 0.6 is 0 Å². The molecule has 3 aromatic rings. The van der Waals surface area contributed by atoms with Gasteiger partial charge in [-0.3, -0.25) is 4.68 Å². The minimum Gasteiger partial charge on any atom is -0.490 e. The maximum Gasteiger partial charge on any atom is 0.129 e. The third-order valence-corrected chi connectivity index (χ3v) is 3.12. The Hall–Kier alpha value is -2.30. The van der Waals surface area contributed by atoms with Crippen molar-refractivity contribution in [2.75, 3.05) is 0 Å². The molecule has 0 radical (unpaired) electrons. The first-order valence-corrected chi connectivity index (χ1v) is 6.73. The van der Waals surface area contributed by atoms with Crippen molar-refractivity contribution in [1.29, 1.82) is 0 Å². The molecule has 2 heterocycles. The number of hydrogen-bond donors (Lipinski definition) is 0. The molecule has 5 heteroatoms. The molecule has 0 fully saturated rings. The summed E-state index contributed by atoms with van der Waals surface area (Å²) in [5.41, 5.74) is 2.09. The summed E-state index contributed by atoms with van der Waals surface area (Å²) in [6.07, 6.45) is 4.16. The Kier molecular flexibility index (Phi) is 3.18. The number of ether oxygens (including phenoxy) is 1. The molecule has 2 aromatic heterocycles. The van der Waals surface area contributed by atoms with Crippen LogP contribution < -0.4 is 4.74 Å². The van der Waals surface area contributed by atoms with Gasteiger partial charge in [0.1, 0.15) is 11.4 Å². The van der Waals surface area contributed by atoms with Gasteiger partial charge in [-0.25, -0.2) is 0 Å². The van der Waals surface area contributed by atoms with Gasteiger partial charge >= 0.3 is 0 Å². The number of aromatic nitrogens is 4. The summed E-state index contributed by atoms with van der Waals surface area (Å²) in [7, 11) is 1.87. The SMILES string of the molecule is CC(C)Oc1cccc2c1ccn2Cc1cn(C)nn1. The summed E-state index contributed by atoms with van der Waals surface area (Å²) < 4.78 is 9.73. The molecule has 20 heavy (non-hydrogen) atoms. The molecule has 0 spiro atoms. The molecule has 0 aliphatic rings. The highest BCUT2D eigenvalue weighted by molar-refractivity contribution is 5.86. The van der Waals surface area contributed by atoms with Gasteiger partial charge in [0.15, 0.2) is 0 Å². The fourth-order valence-electron chi connectivity index (χ4n) is 2.33. The Morgan fingerprint density at radius 3 is 2.80 bits per heavy atom. The molecule has 3 rings (SSSR count). The van der Waals surface area contributed by atoms with Gasteiger partial charge in [0, 0.05) is 24.8 Å². The normalized spacial score (nSPS) is 11.4. The van der Waals surface area contributed by atoms with Crippen molar-refractivity contribution in [1.82, 2.24) is 19.6 Å². The van der Waals surface area contributed by atoms with E-state index < -0.39 is 0 Å². The number of aryl methyl sites for hydroxylation is 1. The van der Waals surface area contributed by atoms with Crippen LogP contribution in [0.1, 0.15) is 19.5 Å². The highest BCUT2D eigenvalue weighted by atomic mass is 16.5. The number of hydrogen-bond acceptors (Lipinski definition) is 3. The zero-order chi connectivity index (χ0) is 14.1. The number of nitrogens with zero attached hydrogens (tertiary/aromatic N) is 4. The fraction of sp³-hybridized carbons (Fsp3) is 0.333. The van der Waals surface area contributed by atoms with E-state index in [1.807, 2.05) is 39.2 Å². The second-order valence-electron chi connectivity index (χ2n) is 5.18. The van der Waals surface area contributed by atoms with E-state index >= 15 is 0 Å². The smallest absolute Gasteiger partial charge is 0.129 e. The topological polar surface area (TPSA) is 44.9 Å². The zero-order valence-corrected chi connectivity index (χ0v) is 11.9. The average molecular weight is 270 g/mol. The lowest BCUT2D eigenvalue weighted by Crippen LogP contribution is -2.05. The molecule has 0 amide bonds.